The fourth-order valence-electron chi connectivity index (χ4n) is 16.3. The zero-order chi connectivity index (χ0) is 108. The summed E-state index contributed by atoms with van der Waals surface area (Å²) in [7, 11) is 5.56. The lowest BCUT2D eigenvalue weighted by Crippen LogP contribution is -2.33. The van der Waals surface area contributed by atoms with Crippen LogP contribution >= 0.6 is 204 Å². The van der Waals surface area contributed by atoms with Gasteiger partial charge in [0.1, 0.15) is 34.0 Å². The first-order valence-electron chi connectivity index (χ1n) is 46.9. The van der Waals surface area contributed by atoms with E-state index in [2.05, 4.69) is 98.4 Å². The van der Waals surface area contributed by atoms with Gasteiger partial charge < -0.3 is 63.5 Å². The number of aromatic carboxylic acids is 3. The Morgan fingerprint density at radius 3 is 0.907 bits per heavy atom. The van der Waals surface area contributed by atoms with Crippen molar-refractivity contribution in [3.63, 3.8) is 0 Å². The van der Waals surface area contributed by atoms with Crippen molar-refractivity contribution in [2.45, 2.75) is 157 Å². The SMILES string of the molecule is CC(C)(C)OC(=O)c1ccc(Cn2c(C(=O)O)cc3c(Br)cc(Sc4ccc(Cl)c(Cl)c4)cc32)cc1.CC(C)NC(=O)c1ccc(Cn2c(C(=O)O)cc3c(Br)cc(Sc4ccc(Cl)c(Cl)c4)cc32)cc1.CN(C)C(=O)c1ccc(Cn2c(C(=O)O)cc3c(Br)cc(Sc4ccc(Cl)c(Cl)c4)cc32)cc1.CN1CCC(CCNC(=O)c2cc3c(Br)cc(Sc4ccc(Cl)c(Cl)c4)cc3n2Cc2ccc(C(=O)OC(C)(C)C)cc2)CC1. The molecule has 5 heterocycles. The molecule has 0 saturated carbocycles. The Kier molecular flexibility index (Phi) is 39.4. The molecule has 1 aliphatic heterocycles. The van der Waals surface area contributed by atoms with Crippen LogP contribution in [-0.2, 0) is 35.7 Å². The highest BCUT2D eigenvalue weighted by Gasteiger charge is 2.29. The molecular weight excluding hydrogens is 2410 g/mol. The largest absolute Gasteiger partial charge is 0.477 e. The Hall–Kier alpha value is -9.84. The summed E-state index contributed by atoms with van der Waals surface area (Å²) in [5.74, 6) is -3.52. The fraction of sp³-hybridized carbons (Fsp3) is 0.221. The van der Waals surface area contributed by atoms with Crippen LogP contribution in [-0.4, -0.2) is 149 Å². The second kappa shape index (κ2) is 51.0. The Morgan fingerprint density at radius 2 is 0.640 bits per heavy atom. The number of rotatable bonds is 28. The summed E-state index contributed by atoms with van der Waals surface area (Å²) < 4.78 is 21.5. The number of aromatic nitrogens is 4. The van der Waals surface area contributed by atoms with Crippen molar-refractivity contribution >= 4 is 295 Å². The van der Waals surface area contributed by atoms with Crippen LogP contribution < -0.4 is 10.6 Å². The van der Waals surface area contributed by atoms with E-state index in [4.69, 9.17) is 102 Å². The number of fused-ring (bicyclic) bond motifs is 4. The number of carbonyl (C=O) groups excluding carboxylic acids is 5. The molecule has 0 spiro atoms. The standard InChI is InChI=1S/C35H38BrCl2N3O3S.C27H22BrCl2NO4S.C26H21BrCl2N2O3S.C25H19BrCl2N2O3S/c1-35(2,3)44-34(43)24-7-5-23(6-8-24)21-41-31-19-26(45-25-9-10-29(37)30(38)18-25)17-28(36)27(31)20-32(41)33(42)39-14-11-22-12-15-40(4)16-13-22;1-27(2,3)35-26(34)16-6-4-15(5-7-16)14-31-23-12-18(36-17-8-9-21(29)22(30)11-17)10-20(28)19(23)13-24(31)25(32)33;1-14(2)30-25(32)16-5-3-15(4-6-16)13-31-23-11-18(35-17-7-8-21(28)22(29)10-17)9-20(27)19(23)12-24(31)26(33)34;1-29(2)24(31)15-5-3-14(4-6-15)13-30-22-11-17(34-16-7-8-20(27)21(28)10-16)9-19(26)18(22)12-23(30)25(32)33/h5-10,17-20,22H,11-16,21H2,1-4H3,(H,39,42);4-13H,14H2,1-3H3,(H,32,33);3-12,14H,13H2,1-2H3,(H,30,32)(H,33,34);3-12H,13H2,1-2H3,(H,32,33). The van der Waals surface area contributed by atoms with E-state index in [1.165, 1.54) is 40.2 Å². The van der Waals surface area contributed by atoms with Crippen LogP contribution in [0.4, 0.5) is 0 Å². The van der Waals surface area contributed by atoms with Crippen molar-refractivity contribution in [3.05, 3.63) is 368 Å². The van der Waals surface area contributed by atoms with E-state index in [1.807, 2.05) is 169 Å². The number of likely N-dealkylation sites (tertiary alicyclic amines) is 1. The van der Waals surface area contributed by atoms with E-state index >= 15 is 0 Å². The Morgan fingerprint density at radius 1 is 0.367 bits per heavy atom. The van der Waals surface area contributed by atoms with Gasteiger partial charge in [-0.2, -0.15) is 0 Å². The molecule has 778 valence electrons. The average Bonchev–Trinajstić information content (AvgIpc) is 1.63. The number of amides is 3. The summed E-state index contributed by atoms with van der Waals surface area (Å²) in [6.45, 7) is 19.1. The lowest BCUT2D eigenvalue weighted by atomic mass is 9.94. The highest BCUT2D eigenvalue weighted by atomic mass is 79.9. The molecule has 17 rings (SSSR count). The van der Waals surface area contributed by atoms with Crippen LogP contribution in [0.15, 0.2) is 300 Å². The van der Waals surface area contributed by atoms with Gasteiger partial charge in [-0.05, 0) is 317 Å². The lowest BCUT2D eigenvalue weighted by molar-refractivity contribution is 0.00570. The van der Waals surface area contributed by atoms with Crippen molar-refractivity contribution in [3.8, 4) is 0 Å². The topological polar surface area (TPSA) is 266 Å². The number of carboxylic acid groups (broad SMARTS) is 3. The van der Waals surface area contributed by atoms with Gasteiger partial charge in [0, 0.05) is 143 Å². The number of hydrogen-bond donors (Lipinski definition) is 5. The predicted molar refractivity (Wildman–Crippen MR) is 622 cm³/mol. The molecule has 37 heteroatoms. The first kappa shape index (κ1) is 116. The summed E-state index contributed by atoms with van der Waals surface area (Å²) >= 11 is 69.7. The van der Waals surface area contributed by atoms with E-state index in [9.17, 15) is 53.7 Å². The molecule has 4 aromatic heterocycles. The van der Waals surface area contributed by atoms with E-state index in [0.717, 1.165) is 155 Å². The second-order valence-corrected chi connectivity index (χ2v) is 49.1. The molecule has 12 aromatic carbocycles. The van der Waals surface area contributed by atoms with E-state index < -0.39 is 35.1 Å². The van der Waals surface area contributed by atoms with E-state index in [1.54, 1.807) is 161 Å². The minimum absolute atomic E-state index is 0.0425. The Balaban J connectivity index is 0.000000158. The third-order valence-electron chi connectivity index (χ3n) is 23.6. The lowest BCUT2D eigenvalue weighted by Gasteiger charge is -2.28. The fourth-order valence-corrected chi connectivity index (χ4v) is 24.4. The van der Waals surface area contributed by atoms with Gasteiger partial charge in [0.2, 0.25) is 0 Å². The van der Waals surface area contributed by atoms with Gasteiger partial charge in [-0.1, -0.05) is 252 Å². The molecule has 150 heavy (non-hydrogen) atoms. The summed E-state index contributed by atoms with van der Waals surface area (Å²) in [4.78, 5) is 111. The van der Waals surface area contributed by atoms with Crippen molar-refractivity contribution in [1.82, 2.24) is 38.7 Å². The van der Waals surface area contributed by atoms with Gasteiger partial charge in [0.25, 0.3) is 17.7 Å². The second-order valence-electron chi connectivity index (χ2n) is 37.9. The molecule has 0 aliphatic carbocycles. The maximum absolute atomic E-state index is 13.7. The monoisotopic (exact) mass is 2500 g/mol. The number of benzene rings is 12. The number of piperidine rings is 1. The third kappa shape index (κ3) is 30.5. The molecule has 0 atom stereocenters. The van der Waals surface area contributed by atoms with Crippen LogP contribution in [0.1, 0.15) is 180 Å². The van der Waals surface area contributed by atoms with E-state index in [0.29, 0.717) is 107 Å². The maximum atomic E-state index is 13.7. The number of carbonyl (C=O) groups is 8. The average molecular weight is 2510 g/mol. The molecule has 16 aromatic rings. The Labute approximate surface area is 958 Å². The highest BCUT2D eigenvalue weighted by molar-refractivity contribution is 9.11. The molecule has 0 unspecified atom stereocenters. The summed E-state index contributed by atoms with van der Waals surface area (Å²) in [6.07, 6.45) is 3.30. The first-order chi connectivity index (χ1) is 71.0. The number of nitrogens with one attached hydrogen (secondary N) is 2. The van der Waals surface area contributed by atoms with Gasteiger partial charge in [-0.15, -0.1) is 0 Å². The molecule has 1 saturated heterocycles. The zero-order valence-corrected chi connectivity index (χ0v) is 98.3. The highest BCUT2D eigenvalue weighted by Crippen LogP contribution is 2.45. The molecule has 1 aliphatic rings. The van der Waals surface area contributed by atoms with Crippen LogP contribution in [0.5, 0.6) is 0 Å². The normalized spacial score (nSPS) is 12.3. The molecule has 21 nitrogen and oxygen atoms in total. The summed E-state index contributed by atoms with van der Waals surface area (Å²) in [6, 6.07) is 73.5. The van der Waals surface area contributed by atoms with Crippen LogP contribution in [0, 0.1) is 5.92 Å². The minimum Gasteiger partial charge on any atom is -0.477 e. The number of ether oxygens (including phenoxy) is 2. The molecule has 1 fully saturated rings. The van der Waals surface area contributed by atoms with Crippen molar-refractivity contribution in [2.75, 3.05) is 40.8 Å². The van der Waals surface area contributed by atoms with Gasteiger partial charge >= 0.3 is 29.8 Å². The van der Waals surface area contributed by atoms with E-state index in [-0.39, 0.29) is 46.8 Å². The van der Waals surface area contributed by atoms with Gasteiger partial charge in [0.15, 0.2) is 0 Å². The van der Waals surface area contributed by atoms with Crippen molar-refractivity contribution < 1.29 is 63.1 Å². The van der Waals surface area contributed by atoms with Gasteiger partial charge in [0.05, 0.1) is 73.4 Å². The number of esters is 2. The maximum Gasteiger partial charge on any atom is 0.352 e. The minimum atomic E-state index is -1.03. The first-order valence-corrected chi connectivity index (χ1v) is 56.3. The third-order valence-corrected chi connectivity index (χ3v) is 33.1. The molecule has 5 N–H and O–H groups in total. The molecule has 0 radical (unpaired) electrons. The van der Waals surface area contributed by atoms with Gasteiger partial charge in [-0.25, -0.2) is 24.0 Å². The predicted octanol–water partition coefficient (Wildman–Crippen LogP) is 32.9. The van der Waals surface area contributed by atoms with Crippen molar-refractivity contribution in [1.29, 1.82) is 0 Å². The van der Waals surface area contributed by atoms with Gasteiger partial charge in [-0.3, -0.25) is 14.4 Å². The number of halogens is 12. The van der Waals surface area contributed by atoms with Crippen LogP contribution in [0.25, 0.3) is 43.6 Å². The summed E-state index contributed by atoms with van der Waals surface area (Å²) in [5.41, 5.74) is 8.82. The van der Waals surface area contributed by atoms with Crippen LogP contribution in [0.2, 0.25) is 40.2 Å². The number of nitrogens with zero attached hydrogens (tertiary/aromatic N) is 6. The molecule has 3 amide bonds. The zero-order valence-electron chi connectivity index (χ0n) is 82.6. The van der Waals surface area contributed by atoms with Crippen LogP contribution in [0.3, 0.4) is 0 Å². The Bertz CT molecular complexity index is 7850. The molecule has 0 bridgehead atoms. The smallest absolute Gasteiger partial charge is 0.352 e. The molecular formula is C113H100Br4Cl8N8O13S4. The summed E-state index contributed by atoms with van der Waals surface area (Å²) in [5, 5.41) is 42.9. The number of carboxylic acids is 3. The number of hydrogen-bond acceptors (Lipinski definition) is 15. The van der Waals surface area contributed by atoms with Crippen molar-refractivity contribution in [2.24, 2.45) is 5.92 Å². The quantitative estimate of drug-likeness (QED) is 0.0285.